The molecule has 0 aliphatic heterocycles. The molecule has 3 N–H and O–H groups in total. The summed E-state index contributed by atoms with van der Waals surface area (Å²) in [7, 11) is 0. The van der Waals surface area contributed by atoms with Crippen molar-refractivity contribution in [1.82, 2.24) is 14.7 Å². The van der Waals surface area contributed by atoms with Gasteiger partial charge in [0.15, 0.2) is 11.5 Å². The molecule has 0 fully saturated rings. The zero-order valence-electron chi connectivity index (χ0n) is 13.3. The number of fused-ring (bicyclic) bond motifs is 1. The fourth-order valence-electron chi connectivity index (χ4n) is 1.98. The highest BCUT2D eigenvalue weighted by Crippen LogP contribution is 2.17. The molecule has 23 heavy (non-hydrogen) atoms. The van der Waals surface area contributed by atoms with E-state index in [1.165, 1.54) is 4.40 Å². The van der Waals surface area contributed by atoms with Crippen molar-refractivity contribution in [1.29, 1.82) is 0 Å². The Morgan fingerprint density at radius 1 is 1.30 bits per heavy atom. The Labute approximate surface area is 133 Å². The summed E-state index contributed by atoms with van der Waals surface area (Å²) in [6.07, 6.45) is 1.11. The maximum atomic E-state index is 11.5. The predicted molar refractivity (Wildman–Crippen MR) is 84.9 cm³/mol. The number of aromatic carboxylic acids is 1. The number of amides is 1. The van der Waals surface area contributed by atoms with Crippen molar-refractivity contribution < 1.29 is 19.4 Å². The first-order valence-electron chi connectivity index (χ1n) is 7.19. The maximum Gasteiger partial charge on any atom is 0.407 e. The van der Waals surface area contributed by atoms with E-state index in [2.05, 4.69) is 15.6 Å². The molecule has 0 saturated heterocycles. The van der Waals surface area contributed by atoms with Gasteiger partial charge < -0.3 is 20.5 Å². The van der Waals surface area contributed by atoms with E-state index in [0.717, 1.165) is 0 Å². The third kappa shape index (κ3) is 4.35. The Kier molecular flexibility index (Phi) is 4.73. The minimum absolute atomic E-state index is 0.0536. The molecule has 0 aliphatic carbocycles. The van der Waals surface area contributed by atoms with Crippen LogP contribution in [0.15, 0.2) is 24.4 Å². The third-order valence-electron chi connectivity index (χ3n) is 2.82. The van der Waals surface area contributed by atoms with Gasteiger partial charge in [0.1, 0.15) is 11.2 Å². The Hall–Kier alpha value is -2.77. The topological polar surface area (TPSA) is 105 Å². The molecule has 0 bridgehead atoms. The van der Waals surface area contributed by atoms with Gasteiger partial charge in [0.05, 0.1) is 0 Å². The predicted octanol–water partition coefficient (Wildman–Crippen LogP) is 1.97. The number of carboxylic acid groups (broad SMARTS) is 1. The van der Waals surface area contributed by atoms with Crippen molar-refractivity contribution in [2.75, 3.05) is 18.4 Å². The normalized spacial score (nSPS) is 11.3. The zero-order valence-corrected chi connectivity index (χ0v) is 13.3. The van der Waals surface area contributed by atoms with Crippen molar-refractivity contribution >= 4 is 23.5 Å². The molecule has 2 aromatic rings. The van der Waals surface area contributed by atoms with Crippen LogP contribution in [0.2, 0.25) is 0 Å². The van der Waals surface area contributed by atoms with Gasteiger partial charge in [0.2, 0.25) is 0 Å². The van der Waals surface area contributed by atoms with Crippen LogP contribution >= 0.6 is 0 Å². The number of hydrogen-bond donors (Lipinski definition) is 3. The molecule has 2 heterocycles. The number of rotatable bonds is 5. The van der Waals surface area contributed by atoms with Gasteiger partial charge in [-0.2, -0.15) is 0 Å². The molecule has 124 valence electrons. The number of anilines is 1. The van der Waals surface area contributed by atoms with Gasteiger partial charge >= 0.3 is 12.1 Å². The lowest BCUT2D eigenvalue weighted by atomic mass is 10.2. The van der Waals surface area contributed by atoms with E-state index in [9.17, 15) is 14.7 Å². The highest BCUT2D eigenvalue weighted by molar-refractivity contribution is 5.92. The van der Waals surface area contributed by atoms with Gasteiger partial charge in [0.25, 0.3) is 0 Å². The number of carbonyl (C=O) groups excluding carboxylic acids is 1. The first-order chi connectivity index (χ1) is 10.8. The quantitative estimate of drug-likeness (QED) is 0.728. The van der Waals surface area contributed by atoms with Gasteiger partial charge in [-0.3, -0.25) is 4.40 Å². The minimum Gasteiger partial charge on any atom is -0.476 e. The molecule has 0 radical (unpaired) electrons. The van der Waals surface area contributed by atoms with Gasteiger partial charge in [-0.1, -0.05) is 6.07 Å². The highest BCUT2D eigenvalue weighted by Gasteiger charge is 2.18. The Morgan fingerprint density at radius 2 is 2.04 bits per heavy atom. The molecular weight excluding hydrogens is 300 g/mol. The van der Waals surface area contributed by atoms with Gasteiger partial charge in [0, 0.05) is 19.3 Å². The summed E-state index contributed by atoms with van der Waals surface area (Å²) in [5.74, 6) is -0.819. The molecule has 8 heteroatoms. The standard InChI is InChI=1S/C15H20N4O4/c1-15(2,3)23-14(22)17-8-7-16-12-11(13(20)21)19-9-5-4-6-10(19)18-12/h4-6,9,16H,7-8H2,1-3H3,(H,17,22)(H,20,21). The van der Waals surface area contributed by atoms with Crippen molar-refractivity contribution in [3.63, 3.8) is 0 Å². The molecular formula is C15H20N4O4. The average molecular weight is 320 g/mol. The van der Waals surface area contributed by atoms with Crippen LogP contribution in [0, 0.1) is 0 Å². The van der Waals surface area contributed by atoms with Crippen LogP contribution in [0.5, 0.6) is 0 Å². The number of carboxylic acids is 1. The van der Waals surface area contributed by atoms with Crippen LogP contribution in [-0.2, 0) is 4.74 Å². The molecule has 1 amide bonds. The number of ether oxygens (including phenoxy) is 1. The first-order valence-corrected chi connectivity index (χ1v) is 7.19. The smallest absolute Gasteiger partial charge is 0.407 e. The van der Waals surface area contributed by atoms with Crippen LogP contribution in [0.1, 0.15) is 31.3 Å². The lowest BCUT2D eigenvalue weighted by Crippen LogP contribution is -2.35. The van der Waals surface area contributed by atoms with Crippen molar-refractivity contribution in [2.45, 2.75) is 26.4 Å². The minimum atomic E-state index is -1.08. The number of alkyl carbamates (subject to hydrolysis) is 1. The lowest BCUT2D eigenvalue weighted by Gasteiger charge is -2.19. The summed E-state index contributed by atoms with van der Waals surface area (Å²) in [5, 5.41) is 14.8. The fraction of sp³-hybridized carbons (Fsp3) is 0.400. The van der Waals surface area contributed by atoms with Crippen molar-refractivity contribution in [2.24, 2.45) is 0 Å². The second-order valence-electron chi connectivity index (χ2n) is 5.90. The number of aromatic nitrogens is 2. The maximum absolute atomic E-state index is 11.5. The van der Waals surface area contributed by atoms with E-state index in [4.69, 9.17) is 4.74 Å². The van der Waals surface area contributed by atoms with Crippen LogP contribution in [0.25, 0.3) is 5.65 Å². The van der Waals surface area contributed by atoms with Gasteiger partial charge in [-0.25, -0.2) is 14.6 Å². The Bertz CT molecular complexity index is 718. The summed E-state index contributed by atoms with van der Waals surface area (Å²) in [6.45, 7) is 5.94. The van der Waals surface area contributed by atoms with E-state index >= 15 is 0 Å². The third-order valence-corrected chi connectivity index (χ3v) is 2.82. The zero-order chi connectivity index (χ0) is 17.0. The lowest BCUT2D eigenvalue weighted by molar-refractivity contribution is 0.0529. The highest BCUT2D eigenvalue weighted by atomic mass is 16.6. The molecule has 0 spiro atoms. The Morgan fingerprint density at radius 3 is 2.70 bits per heavy atom. The molecule has 0 atom stereocenters. The molecule has 8 nitrogen and oxygen atoms in total. The molecule has 0 aromatic carbocycles. The second kappa shape index (κ2) is 6.55. The molecule has 2 aromatic heterocycles. The summed E-state index contributed by atoms with van der Waals surface area (Å²) < 4.78 is 6.60. The Balaban J connectivity index is 1.96. The van der Waals surface area contributed by atoms with Crippen LogP contribution in [0.4, 0.5) is 10.6 Å². The average Bonchev–Trinajstić information content (AvgIpc) is 2.80. The number of nitrogens with one attached hydrogen (secondary N) is 2. The van der Waals surface area contributed by atoms with E-state index in [0.29, 0.717) is 12.2 Å². The van der Waals surface area contributed by atoms with Crippen LogP contribution in [-0.4, -0.2) is 45.2 Å². The van der Waals surface area contributed by atoms with E-state index in [1.807, 2.05) is 0 Å². The number of nitrogens with zero attached hydrogens (tertiary/aromatic N) is 2. The molecule has 0 unspecified atom stereocenters. The van der Waals surface area contributed by atoms with Crippen molar-refractivity contribution in [3.8, 4) is 0 Å². The van der Waals surface area contributed by atoms with Crippen LogP contribution < -0.4 is 10.6 Å². The molecule has 2 rings (SSSR count). The number of pyridine rings is 1. The van der Waals surface area contributed by atoms with E-state index < -0.39 is 17.7 Å². The van der Waals surface area contributed by atoms with Crippen LogP contribution in [0.3, 0.4) is 0 Å². The molecule has 0 aliphatic rings. The monoisotopic (exact) mass is 320 g/mol. The summed E-state index contributed by atoms with van der Waals surface area (Å²) >= 11 is 0. The number of hydrogen-bond acceptors (Lipinski definition) is 5. The SMILES string of the molecule is CC(C)(C)OC(=O)NCCNc1nc2ccccn2c1C(=O)O. The second-order valence-corrected chi connectivity index (χ2v) is 5.90. The van der Waals surface area contributed by atoms with Gasteiger partial charge in [-0.15, -0.1) is 0 Å². The van der Waals surface area contributed by atoms with E-state index in [-0.39, 0.29) is 18.1 Å². The first kappa shape index (κ1) is 16.6. The summed E-state index contributed by atoms with van der Waals surface area (Å²) in [6, 6.07) is 5.23. The van der Waals surface area contributed by atoms with E-state index in [1.54, 1.807) is 45.2 Å². The summed E-state index contributed by atoms with van der Waals surface area (Å²) in [5.41, 5.74) is 0.0284. The number of carbonyl (C=O) groups is 2. The largest absolute Gasteiger partial charge is 0.476 e. The molecule has 0 saturated carbocycles. The van der Waals surface area contributed by atoms with Crippen molar-refractivity contribution in [3.05, 3.63) is 30.1 Å². The number of imidazole rings is 1. The fourth-order valence-corrected chi connectivity index (χ4v) is 1.98. The van der Waals surface area contributed by atoms with Gasteiger partial charge in [-0.05, 0) is 32.9 Å². The summed E-state index contributed by atoms with van der Waals surface area (Å²) in [4.78, 5) is 27.2.